The van der Waals surface area contributed by atoms with Gasteiger partial charge in [0.2, 0.25) is 0 Å². The summed E-state index contributed by atoms with van der Waals surface area (Å²) in [6.07, 6.45) is 4.51. The summed E-state index contributed by atoms with van der Waals surface area (Å²) < 4.78 is 0. The van der Waals surface area contributed by atoms with Gasteiger partial charge in [-0.25, -0.2) is 0 Å². The molecule has 2 aromatic rings. The van der Waals surface area contributed by atoms with Crippen LogP contribution in [0.3, 0.4) is 0 Å². The second kappa shape index (κ2) is 5.83. The van der Waals surface area contributed by atoms with Gasteiger partial charge in [0, 0.05) is 18.9 Å². The molecule has 0 bridgehead atoms. The lowest BCUT2D eigenvalue weighted by Gasteiger charge is -2.09. The molecule has 1 N–H and O–H groups in total. The fraction of sp³-hybridized carbons (Fsp3) is 0.200. The molecule has 18 heavy (non-hydrogen) atoms. The molecule has 0 spiro atoms. The SMILES string of the molecule is Cc1ccc(C#N)c(NCCc2ccncc2)c1. The van der Waals surface area contributed by atoms with Crippen molar-refractivity contribution in [2.45, 2.75) is 13.3 Å². The van der Waals surface area contributed by atoms with Gasteiger partial charge in [0.05, 0.1) is 11.3 Å². The Balaban J connectivity index is 1.98. The molecule has 0 radical (unpaired) electrons. The van der Waals surface area contributed by atoms with Crippen molar-refractivity contribution in [1.82, 2.24) is 4.98 Å². The number of aromatic nitrogens is 1. The molecule has 3 heteroatoms. The third-order valence-corrected chi connectivity index (χ3v) is 2.77. The number of rotatable bonds is 4. The van der Waals surface area contributed by atoms with E-state index in [1.807, 2.05) is 37.3 Å². The molecule has 0 fully saturated rings. The summed E-state index contributed by atoms with van der Waals surface area (Å²) in [6, 6.07) is 12.0. The van der Waals surface area contributed by atoms with E-state index in [0.717, 1.165) is 24.2 Å². The van der Waals surface area contributed by atoms with Gasteiger partial charge in [0.25, 0.3) is 0 Å². The van der Waals surface area contributed by atoms with Crippen LogP contribution in [-0.4, -0.2) is 11.5 Å². The van der Waals surface area contributed by atoms with E-state index < -0.39 is 0 Å². The van der Waals surface area contributed by atoms with Crippen molar-refractivity contribution in [2.24, 2.45) is 0 Å². The Morgan fingerprint density at radius 1 is 1.22 bits per heavy atom. The molecular weight excluding hydrogens is 222 g/mol. The minimum Gasteiger partial charge on any atom is -0.384 e. The van der Waals surface area contributed by atoms with Gasteiger partial charge in [0.1, 0.15) is 6.07 Å². The number of nitrogens with zero attached hydrogens (tertiary/aromatic N) is 2. The average molecular weight is 237 g/mol. The second-order valence-electron chi connectivity index (χ2n) is 4.19. The highest BCUT2D eigenvalue weighted by molar-refractivity contribution is 5.58. The molecule has 0 aliphatic rings. The highest BCUT2D eigenvalue weighted by atomic mass is 14.9. The van der Waals surface area contributed by atoms with Crippen LogP contribution in [0.4, 0.5) is 5.69 Å². The van der Waals surface area contributed by atoms with E-state index in [0.29, 0.717) is 5.56 Å². The summed E-state index contributed by atoms with van der Waals surface area (Å²) in [5.41, 5.74) is 3.99. The lowest BCUT2D eigenvalue weighted by atomic mass is 10.1. The van der Waals surface area contributed by atoms with Crippen molar-refractivity contribution in [3.8, 4) is 6.07 Å². The van der Waals surface area contributed by atoms with E-state index in [9.17, 15) is 0 Å². The molecule has 0 saturated carbocycles. The number of aryl methyl sites for hydroxylation is 1. The highest BCUT2D eigenvalue weighted by Gasteiger charge is 2.01. The van der Waals surface area contributed by atoms with Crippen molar-refractivity contribution in [2.75, 3.05) is 11.9 Å². The predicted octanol–water partition coefficient (Wildman–Crippen LogP) is 2.92. The molecule has 0 amide bonds. The normalized spacial score (nSPS) is 9.78. The van der Waals surface area contributed by atoms with Crippen LogP contribution in [0.5, 0.6) is 0 Å². The van der Waals surface area contributed by atoms with Crippen LogP contribution in [0.15, 0.2) is 42.7 Å². The molecule has 0 saturated heterocycles. The van der Waals surface area contributed by atoms with E-state index in [2.05, 4.69) is 16.4 Å². The van der Waals surface area contributed by atoms with E-state index >= 15 is 0 Å². The Bertz CT molecular complexity index is 556. The van der Waals surface area contributed by atoms with Crippen molar-refractivity contribution in [1.29, 1.82) is 5.26 Å². The van der Waals surface area contributed by atoms with Gasteiger partial charge < -0.3 is 5.32 Å². The molecule has 90 valence electrons. The molecule has 1 aromatic carbocycles. The van der Waals surface area contributed by atoms with Crippen molar-refractivity contribution < 1.29 is 0 Å². The topological polar surface area (TPSA) is 48.7 Å². The van der Waals surface area contributed by atoms with Gasteiger partial charge in [-0.1, -0.05) is 6.07 Å². The van der Waals surface area contributed by atoms with Gasteiger partial charge in [-0.05, 0) is 48.7 Å². The molecular formula is C15H15N3. The van der Waals surface area contributed by atoms with E-state index in [1.165, 1.54) is 5.56 Å². The molecule has 3 nitrogen and oxygen atoms in total. The minimum absolute atomic E-state index is 0.690. The van der Waals surface area contributed by atoms with E-state index in [1.54, 1.807) is 12.4 Å². The van der Waals surface area contributed by atoms with Crippen LogP contribution in [-0.2, 0) is 6.42 Å². The number of pyridine rings is 1. The first-order valence-corrected chi connectivity index (χ1v) is 5.93. The first-order chi connectivity index (χ1) is 8.79. The number of nitrogens with one attached hydrogen (secondary N) is 1. The summed E-state index contributed by atoms with van der Waals surface area (Å²) >= 11 is 0. The summed E-state index contributed by atoms with van der Waals surface area (Å²) in [6.45, 7) is 2.83. The quantitative estimate of drug-likeness (QED) is 0.889. The predicted molar refractivity (Wildman–Crippen MR) is 72.3 cm³/mol. The van der Waals surface area contributed by atoms with Crippen LogP contribution < -0.4 is 5.32 Å². The molecule has 0 aliphatic carbocycles. The number of hydrogen-bond acceptors (Lipinski definition) is 3. The average Bonchev–Trinajstić information content (AvgIpc) is 2.40. The van der Waals surface area contributed by atoms with Gasteiger partial charge >= 0.3 is 0 Å². The van der Waals surface area contributed by atoms with Crippen LogP contribution in [0.25, 0.3) is 0 Å². The molecule has 1 aromatic heterocycles. The first kappa shape index (κ1) is 12.1. The number of nitriles is 1. The van der Waals surface area contributed by atoms with Gasteiger partial charge in [0.15, 0.2) is 0 Å². The number of anilines is 1. The summed E-state index contributed by atoms with van der Waals surface area (Å²) in [5.74, 6) is 0. The third-order valence-electron chi connectivity index (χ3n) is 2.77. The minimum atomic E-state index is 0.690. The van der Waals surface area contributed by atoms with Crippen LogP contribution in [0.2, 0.25) is 0 Å². The maximum atomic E-state index is 9.03. The monoisotopic (exact) mass is 237 g/mol. The zero-order chi connectivity index (χ0) is 12.8. The van der Waals surface area contributed by atoms with Crippen molar-refractivity contribution in [3.05, 3.63) is 59.4 Å². The lowest BCUT2D eigenvalue weighted by Crippen LogP contribution is -2.06. The molecule has 0 unspecified atom stereocenters. The molecule has 2 rings (SSSR count). The van der Waals surface area contributed by atoms with Crippen LogP contribution in [0, 0.1) is 18.3 Å². The van der Waals surface area contributed by atoms with Crippen molar-refractivity contribution >= 4 is 5.69 Å². The Hall–Kier alpha value is -2.34. The van der Waals surface area contributed by atoms with Gasteiger partial charge in [-0.3, -0.25) is 4.98 Å². The second-order valence-corrected chi connectivity index (χ2v) is 4.19. The lowest BCUT2D eigenvalue weighted by molar-refractivity contribution is 1.01. The number of hydrogen-bond donors (Lipinski definition) is 1. The Kier molecular flexibility index (Phi) is 3.93. The zero-order valence-corrected chi connectivity index (χ0v) is 10.4. The van der Waals surface area contributed by atoms with Gasteiger partial charge in [-0.2, -0.15) is 5.26 Å². The third kappa shape index (κ3) is 3.08. The zero-order valence-electron chi connectivity index (χ0n) is 10.4. The smallest absolute Gasteiger partial charge is 0.101 e. The summed E-state index contributed by atoms with van der Waals surface area (Å²) in [7, 11) is 0. The fourth-order valence-corrected chi connectivity index (χ4v) is 1.79. The summed E-state index contributed by atoms with van der Waals surface area (Å²) in [4.78, 5) is 3.99. The fourth-order valence-electron chi connectivity index (χ4n) is 1.79. The van der Waals surface area contributed by atoms with E-state index in [4.69, 9.17) is 5.26 Å². The highest BCUT2D eigenvalue weighted by Crippen LogP contribution is 2.16. The van der Waals surface area contributed by atoms with Crippen LogP contribution >= 0.6 is 0 Å². The Labute approximate surface area is 107 Å². The van der Waals surface area contributed by atoms with Crippen LogP contribution in [0.1, 0.15) is 16.7 Å². The molecule has 1 heterocycles. The maximum absolute atomic E-state index is 9.03. The Morgan fingerprint density at radius 3 is 2.72 bits per heavy atom. The van der Waals surface area contributed by atoms with Gasteiger partial charge in [-0.15, -0.1) is 0 Å². The standard InChI is InChI=1S/C15H15N3/c1-12-2-3-14(11-16)15(10-12)18-9-6-13-4-7-17-8-5-13/h2-5,7-8,10,18H,6,9H2,1H3. The molecule has 0 aliphatic heterocycles. The van der Waals surface area contributed by atoms with E-state index in [-0.39, 0.29) is 0 Å². The number of benzene rings is 1. The van der Waals surface area contributed by atoms with Crippen molar-refractivity contribution in [3.63, 3.8) is 0 Å². The first-order valence-electron chi connectivity index (χ1n) is 5.93. The largest absolute Gasteiger partial charge is 0.384 e. The summed E-state index contributed by atoms with van der Waals surface area (Å²) in [5, 5.41) is 12.3. The Morgan fingerprint density at radius 2 is 2.00 bits per heavy atom. The maximum Gasteiger partial charge on any atom is 0.101 e. The molecule has 0 atom stereocenters.